The Hall–Kier alpha value is -3.67. The number of rotatable bonds is 11. The van der Waals surface area contributed by atoms with Gasteiger partial charge in [0, 0.05) is 35.8 Å². The first-order valence-corrected chi connectivity index (χ1v) is 15.3. The topological polar surface area (TPSA) is 125 Å². The van der Waals surface area contributed by atoms with Crippen molar-refractivity contribution in [3.8, 4) is 16.9 Å². The predicted molar refractivity (Wildman–Crippen MR) is 169 cm³/mol. The van der Waals surface area contributed by atoms with Crippen LogP contribution in [-0.4, -0.2) is 45.4 Å². The number of aromatic amines is 1. The van der Waals surface area contributed by atoms with Crippen molar-refractivity contribution in [1.82, 2.24) is 25.2 Å². The van der Waals surface area contributed by atoms with Crippen LogP contribution in [-0.2, 0) is 6.42 Å². The number of nitrogens with one attached hydrogen (secondary N) is 4. The summed E-state index contributed by atoms with van der Waals surface area (Å²) in [5.41, 5.74) is 8.37. The monoisotopic (exact) mass is 627 g/mol. The molecule has 0 bridgehead atoms. The molecule has 0 unspecified atom stereocenters. The molecular weight excluding hydrogens is 591 g/mol. The van der Waals surface area contributed by atoms with Crippen molar-refractivity contribution in [2.45, 2.75) is 76.4 Å². The number of alkyl halides is 2. The maximum atomic E-state index is 15.1. The van der Waals surface area contributed by atoms with Gasteiger partial charge in [-0.25, -0.2) is 18.0 Å². The molecule has 6 N–H and O–H groups in total. The molecule has 1 aliphatic heterocycles. The molecule has 1 fully saturated rings. The van der Waals surface area contributed by atoms with Crippen LogP contribution in [0.3, 0.4) is 0 Å². The number of hydrogen-bond donors (Lipinski definition) is 5. The Labute approximate surface area is 258 Å². The maximum absolute atomic E-state index is 15.1. The van der Waals surface area contributed by atoms with E-state index >= 15 is 4.39 Å². The first-order valence-electron chi connectivity index (χ1n) is 14.9. The van der Waals surface area contributed by atoms with Gasteiger partial charge in [0.15, 0.2) is 5.82 Å². The van der Waals surface area contributed by atoms with E-state index in [1.165, 1.54) is 10.6 Å². The van der Waals surface area contributed by atoms with Crippen LogP contribution < -0.4 is 22.1 Å². The Balaban J connectivity index is 1.33. The summed E-state index contributed by atoms with van der Waals surface area (Å²) in [5.74, 6) is -0.155. The van der Waals surface area contributed by atoms with Crippen molar-refractivity contribution in [2.75, 3.05) is 6.54 Å². The Morgan fingerprint density at radius 1 is 1.23 bits per heavy atom. The fraction of sp³-hybridized carbons (Fsp3) is 0.406. The van der Waals surface area contributed by atoms with Crippen LogP contribution in [0.15, 0.2) is 53.5 Å². The normalized spacial score (nSPS) is 17.7. The SMILES string of the molecule is CC(=N)NCC[C@@H]1CCC[C@@H](c2ccc(-n3cc4cc(-c5cc(CCC[C@H](N)C(F)F)cc(Cl)c5F)[nH]c4nc3=O)cc2)N1. The van der Waals surface area contributed by atoms with E-state index in [1.54, 1.807) is 25.3 Å². The highest BCUT2D eigenvalue weighted by molar-refractivity contribution is 6.31. The molecular formula is C32H37ClF3N7O. The highest BCUT2D eigenvalue weighted by Gasteiger charge is 2.22. The van der Waals surface area contributed by atoms with Crippen LogP contribution in [0.2, 0.25) is 5.02 Å². The fourth-order valence-electron chi connectivity index (χ4n) is 5.79. The Morgan fingerprint density at radius 3 is 2.73 bits per heavy atom. The molecule has 0 spiro atoms. The lowest BCUT2D eigenvalue weighted by molar-refractivity contribution is 0.111. The molecule has 2 aromatic heterocycles. The number of benzene rings is 2. The quantitative estimate of drug-likeness (QED) is 0.0993. The second kappa shape index (κ2) is 14.0. The number of aromatic nitrogens is 3. The third kappa shape index (κ3) is 7.51. The third-order valence-corrected chi connectivity index (χ3v) is 8.43. The van der Waals surface area contributed by atoms with Gasteiger partial charge in [-0.2, -0.15) is 4.98 Å². The van der Waals surface area contributed by atoms with Crippen molar-refractivity contribution < 1.29 is 13.2 Å². The van der Waals surface area contributed by atoms with Crippen molar-refractivity contribution in [1.29, 1.82) is 5.41 Å². The van der Waals surface area contributed by atoms with Gasteiger partial charge in [-0.3, -0.25) is 9.98 Å². The van der Waals surface area contributed by atoms with Gasteiger partial charge in [0.25, 0.3) is 6.43 Å². The zero-order valence-corrected chi connectivity index (χ0v) is 25.2. The van der Waals surface area contributed by atoms with Gasteiger partial charge in [-0.05, 0) is 86.9 Å². The van der Waals surface area contributed by atoms with E-state index in [0.29, 0.717) is 52.7 Å². The smallest absolute Gasteiger partial charge is 0.354 e. The lowest BCUT2D eigenvalue weighted by Crippen LogP contribution is -2.39. The summed E-state index contributed by atoms with van der Waals surface area (Å²) >= 11 is 6.18. The summed E-state index contributed by atoms with van der Waals surface area (Å²) in [6.07, 6.45) is 4.21. The number of nitrogens with zero attached hydrogens (tertiary/aromatic N) is 2. The fourth-order valence-corrected chi connectivity index (χ4v) is 6.03. The Bertz CT molecular complexity index is 1670. The molecule has 5 rings (SSSR count). The van der Waals surface area contributed by atoms with Crippen LogP contribution in [0.25, 0.3) is 28.0 Å². The summed E-state index contributed by atoms with van der Waals surface area (Å²) in [4.78, 5) is 20.2. The number of fused-ring (bicyclic) bond motifs is 1. The van der Waals surface area contributed by atoms with Gasteiger partial charge < -0.3 is 21.4 Å². The number of aryl methyl sites for hydroxylation is 1. The average molecular weight is 628 g/mol. The first kappa shape index (κ1) is 31.7. The summed E-state index contributed by atoms with van der Waals surface area (Å²) in [6.45, 7) is 2.51. The van der Waals surface area contributed by atoms with Crippen LogP contribution in [0.5, 0.6) is 0 Å². The van der Waals surface area contributed by atoms with Gasteiger partial charge in [0.1, 0.15) is 5.65 Å². The Kier molecular flexibility index (Phi) is 10.1. The molecule has 0 saturated carbocycles. The maximum Gasteiger partial charge on any atom is 0.354 e. The van der Waals surface area contributed by atoms with Gasteiger partial charge in [0.05, 0.1) is 28.3 Å². The van der Waals surface area contributed by atoms with Crippen LogP contribution in [0.4, 0.5) is 13.2 Å². The van der Waals surface area contributed by atoms with Crippen molar-refractivity contribution in [3.05, 3.63) is 81.1 Å². The number of halogens is 4. The number of H-pyrrole nitrogens is 1. The minimum absolute atomic E-state index is 0.0844. The minimum atomic E-state index is -2.59. The summed E-state index contributed by atoms with van der Waals surface area (Å²) < 4.78 is 42.1. The minimum Gasteiger partial charge on any atom is -0.374 e. The van der Waals surface area contributed by atoms with Gasteiger partial charge in [-0.15, -0.1) is 0 Å². The zero-order valence-electron chi connectivity index (χ0n) is 24.5. The molecule has 234 valence electrons. The highest BCUT2D eigenvalue weighted by Crippen LogP contribution is 2.32. The van der Waals surface area contributed by atoms with Crippen molar-refractivity contribution >= 4 is 28.5 Å². The molecule has 8 nitrogen and oxygen atoms in total. The zero-order chi connectivity index (χ0) is 31.4. The number of hydrogen-bond acceptors (Lipinski definition) is 5. The predicted octanol–water partition coefficient (Wildman–Crippen LogP) is 6.25. The molecule has 4 aromatic rings. The number of amidine groups is 1. The van der Waals surface area contributed by atoms with Crippen LogP contribution >= 0.6 is 11.6 Å². The van der Waals surface area contributed by atoms with Crippen LogP contribution in [0, 0.1) is 11.2 Å². The molecule has 0 amide bonds. The number of nitrogens with two attached hydrogens (primary N) is 1. The molecule has 1 saturated heterocycles. The second-order valence-corrected chi connectivity index (χ2v) is 11.9. The lowest BCUT2D eigenvalue weighted by Gasteiger charge is -2.31. The highest BCUT2D eigenvalue weighted by atomic mass is 35.5. The average Bonchev–Trinajstić information content (AvgIpc) is 3.41. The van der Waals surface area contributed by atoms with Gasteiger partial charge in [-0.1, -0.05) is 30.2 Å². The molecule has 44 heavy (non-hydrogen) atoms. The molecule has 1 aliphatic rings. The van der Waals surface area contributed by atoms with Gasteiger partial charge in [0.2, 0.25) is 0 Å². The lowest BCUT2D eigenvalue weighted by atomic mass is 9.92. The van der Waals surface area contributed by atoms with Crippen molar-refractivity contribution in [2.24, 2.45) is 5.73 Å². The molecule has 12 heteroatoms. The van der Waals surface area contributed by atoms with E-state index in [1.807, 2.05) is 24.3 Å². The third-order valence-electron chi connectivity index (χ3n) is 8.15. The van der Waals surface area contributed by atoms with E-state index < -0.39 is 24.0 Å². The molecule has 3 atom stereocenters. The molecule has 0 radical (unpaired) electrons. The first-order chi connectivity index (χ1) is 21.1. The summed E-state index contributed by atoms with van der Waals surface area (Å²) in [6, 6.07) is 12.0. The van der Waals surface area contributed by atoms with E-state index in [2.05, 4.69) is 20.6 Å². The molecule has 3 heterocycles. The van der Waals surface area contributed by atoms with Crippen molar-refractivity contribution in [3.63, 3.8) is 0 Å². The van der Waals surface area contributed by atoms with Crippen LogP contribution in [0.1, 0.15) is 62.6 Å². The number of piperidine rings is 1. The standard InChI is InChI=1S/C32H37ClF3N7O/c1-18(37)39-13-12-22-5-3-7-27(40-22)20-8-10-23(11-9-20)43-17-21-16-28(41-31(21)42-32(43)44)24-14-19(15-25(33)29(24)34)4-2-6-26(38)30(35)36/h8-11,14-17,22,26-27,30,40H,2-7,12-13,38H2,1H3,(H2,37,39)(H,41,42,44)/t22-,26-,27-/m0/s1. The Morgan fingerprint density at radius 2 is 2.00 bits per heavy atom. The van der Waals surface area contributed by atoms with E-state index in [0.717, 1.165) is 37.8 Å². The van der Waals surface area contributed by atoms with E-state index in [4.69, 9.17) is 22.7 Å². The molecule has 2 aromatic carbocycles. The largest absolute Gasteiger partial charge is 0.374 e. The molecule has 0 aliphatic carbocycles. The second-order valence-electron chi connectivity index (χ2n) is 11.5. The summed E-state index contributed by atoms with van der Waals surface area (Å²) in [7, 11) is 0. The van der Waals surface area contributed by atoms with E-state index in [-0.39, 0.29) is 23.0 Å². The van der Waals surface area contributed by atoms with E-state index in [9.17, 15) is 13.6 Å². The summed E-state index contributed by atoms with van der Waals surface area (Å²) in [5, 5.41) is 14.9. The van der Waals surface area contributed by atoms with Gasteiger partial charge >= 0.3 is 5.69 Å².